The predicted molar refractivity (Wildman–Crippen MR) is 106 cm³/mol. The number of rotatable bonds is 5. The SMILES string of the molecule is CCC(Sc1cc(=O)c2c(O)cc(O)c(C3CCN(C)CC3O)c2o1)C(N)=O. The highest BCUT2D eigenvalue weighted by Crippen LogP contribution is 2.42. The van der Waals surface area contributed by atoms with Crippen LogP contribution in [0.15, 0.2) is 26.4 Å². The maximum Gasteiger partial charge on any atom is 0.231 e. The van der Waals surface area contributed by atoms with Crippen molar-refractivity contribution >= 4 is 28.6 Å². The van der Waals surface area contributed by atoms with E-state index in [0.717, 1.165) is 17.8 Å². The summed E-state index contributed by atoms with van der Waals surface area (Å²) in [4.78, 5) is 26.2. The summed E-state index contributed by atoms with van der Waals surface area (Å²) >= 11 is 1.02. The van der Waals surface area contributed by atoms with Gasteiger partial charge in [0, 0.05) is 30.2 Å². The van der Waals surface area contributed by atoms with Gasteiger partial charge in [0.05, 0.1) is 11.4 Å². The van der Waals surface area contributed by atoms with E-state index in [-0.39, 0.29) is 21.8 Å². The van der Waals surface area contributed by atoms with Crippen LogP contribution >= 0.6 is 11.8 Å². The largest absolute Gasteiger partial charge is 0.507 e. The molecule has 5 N–H and O–H groups in total. The monoisotopic (exact) mass is 408 g/mol. The molecule has 8 nitrogen and oxygen atoms in total. The fraction of sp³-hybridized carbons (Fsp3) is 0.474. The van der Waals surface area contributed by atoms with Crippen molar-refractivity contribution in [3.05, 3.63) is 27.9 Å². The normalized spacial score (nSPS) is 21.7. The number of likely N-dealkylation sites (N-methyl/N-ethyl adjacent to an activating group) is 1. The van der Waals surface area contributed by atoms with Gasteiger partial charge in [0.2, 0.25) is 5.91 Å². The molecule has 1 saturated heterocycles. The van der Waals surface area contributed by atoms with E-state index in [9.17, 15) is 24.9 Å². The first-order valence-corrected chi connectivity index (χ1v) is 9.96. The number of thioether (sulfide) groups is 1. The maximum atomic E-state index is 12.6. The first-order chi connectivity index (χ1) is 13.2. The second-order valence-corrected chi connectivity index (χ2v) is 8.31. The van der Waals surface area contributed by atoms with Gasteiger partial charge in [-0.25, -0.2) is 0 Å². The van der Waals surface area contributed by atoms with E-state index < -0.39 is 34.4 Å². The van der Waals surface area contributed by atoms with Gasteiger partial charge in [-0.3, -0.25) is 9.59 Å². The lowest BCUT2D eigenvalue weighted by Gasteiger charge is -2.34. The van der Waals surface area contributed by atoms with Crippen LogP contribution in [0.5, 0.6) is 11.5 Å². The second kappa shape index (κ2) is 8.02. The summed E-state index contributed by atoms with van der Waals surface area (Å²) in [6.45, 7) is 2.89. The number of benzene rings is 1. The van der Waals surface area contributed by atoms with Crippen LogP contribution in [0.1, 0.15) is 31.2 Å². The van der Waals surface area contributed by atoms with Crippen molar-refractivity contribution < 1.29 is 24.5 Å². The highest BCUT2D eigenvalue weighted by molar-refractivity contribution is 8.00. The summed E-state index contributed by atoms with van der Waals surface area (Å²) in [5, 5.41) is 30.8. The quantitative estimate of drug-likeness (QED) is 0.544. The Hall–Kier alpha value is -2.23. The molecule has 1 aromatic heterocycles. The van der Waals surface area contributed by atoms with Crippen LogP contribution in [0, 0.1) is 0 Å². The minimum absolute atomic E-state index is 0.0282. The fourth-order valence-corrected chi connectivity index (χ4v) is 4.50. The molecular weight excluding hydrogens is 384 g/mol. The number of phenols is 2. The van der Waals surface area contributed by atoms with Crippen molar-refractivity contribution in [1.82, 2.24) is 4.90 Å². The van der Waals surface area contributed by atoms with E-state index in [2.05, 4.69) is 0 Å². The van der Waals surface area contributed by atoms with E-state index in [1.165, 1.54) is 6.07 Å². The van der Waals surface area contributed by atoms with Crippen LogP contribution < -0.4 is 11.2 Å². The Morgan fingerprint density at radius 2 is 2.11 bits per heavy atom. The van der Waals surface area contributed by atoms with Crippen molar-refractivity contribution in [2.75, 3.05) is 20.1 Å². The summed E-state index contributed by atoms with van der Waals surface area (Å²) < 4.78 is 5.86. The number of nitrogens with zero attached hydrogens (tertiary/aromatic N) is 1. The second-order valence-electron chi connectivity index (χ2n) is 7.10. The van der Waals surface area contributed by atoms with E-state index in [0.29, 0.717) is 31.5 Å². The smallest absolute Gasteiger partial charge is 0.231 e. The number of phenolic OH excluding ortho intramolecular Hbond substituents is 2. The number of aromatic hydroxyl groups is 2. The highest BCUT2D eigenvalue weighted by Gasteiger charge is 2.33. The molecule has 28 heavy (non-hydrogen) atoms. The number of β-amino-alcohol motifs (C(OH)–C–C–N with tert-alkyl or cyclic N) is 1. The zero-order chi connectivity index (χ0) is 20.6. The highest BCUT2D eigenvalue weighted by atomic mass is 32.2. The van der Waals surface area contributed by atoms with Crippen LogP contribution in [0.2, 0.25) is 0 Å². The Balaban J connectivity index is 2.18. The molecule has 0 spiro atoms. The lowest BCUT2D eigenvalue weighted by atomic mass is 9.85. The van der Waals surface area contributed by atoms with Crippen LogP contribution in [0.4, 0.5) is 0 Å². The summed E-state index contributed by atoms with van der Waals surface area (Å²) in [6.07, 6.45) is 0.228. The van der Waals surface area contributed by atoms with E-state index in [1.807, 2.05) is 11.9 Å². The number of likely N-dealkylation sites (tertiary alicyclic amines) is 1. The van der Waals surface area contributed by atoms with Crippen molar-refractivity contribution in [2.24, 2.45) is 5.73 Å². The zero-order valence-electron chi connectivity index (χ0n) is 15.7. The Bertz CT molecular complexity index is 960. The van der Waals surface area contributed by atoms with E-state index in [1.54, 1.807) is 6.92 Å². The van der Waals surface area contributed by atoms with Gasteiger partial charge in [0.1, 0.15) is 22.5 Å². The number of carbonyl (C=O) groups excluding carboxylic acids is 1. The van der Waals surface area contributed by atoms with Crippen molar-refractivity contribution in [2.45, 2.75) is 42.1 Å². The van der Waals surface area contributed by atoms with Crippen molar-refractivity contribution in [1.29, 1.82) is 0 Å². The summed E-state index contributed by atoms with van der Waals surface area (Å²) in [5.41, 5.74) is 5.20. The zero-order valence-corrected chi connectivity index (χ0v) is 16.5. The molecule has 0 radical (unpaired) electrons. The molecule has 9 heteroatoms. The molecular formula is C19H24N2O6S. The summed E-state index contributed by atoms with van der Waals surface area (Å²) in [7, 11) is 1.89. The minimum atomic E-state index is -0.770. The Morgan fingerprint density at radius 1 is 1.39 bits per heavy atom. The van der Waals surface area contributed by atoms with E-state index in [4.69, 9.17) is 10.2 Å². The number of aliphatic hydroxyl groups is 1. The predicted octanol–water partition coefficient (Wildman–Crippen LogP) is 1.34. The van der Waals surface area contributed by atoms with Crippen molar-refractivity contribution in [3.8, 4) is 11.5 Å². The number of hydrogen-bond acceptors (Lipinski definition) is 8. The van der Waals surface area contributed by atoms with Gasteiger partial charge in [-0.15, -0.1) is 0 Å². The average Bonchev–Trinajstić information content (AvgIpc) is 2.60. The molecule has 152 valence electrons. The Kier molecular flexibility index (Phi) is 5.87. The van der Waals surface area contributed by atoms with Gasteiger partial charge >= 0.3 is 0 Å². The van der Waals surface area contributed by atoms with Gasteiger partial charge in [0.25, 0.3) is 0 Å². The molecule has 1 aliphatic rings. The lowest BCUT2D eigenvalue weighted by molar-refractivity contribution is -0.117. The molecule has 1 aliphatic heterocycles. The maximum absolute atomic E-state index is 12.6. The lowest BCUT2D eigenvalue weighted by Crippen LogP contribution is -2.40. The molecule has 3 atom stereocenters. The first kappa shape index (κ1) is 20.5. The number of aliphatic hydroxyl groups excluding tert-OH is 1. The van der Waals surface area contributed by atoms with E-state index >= 15 is 0 Å². The van der Waals surface area contributed by atoms with Crippen LogP contribution in [-0.4, -0.2) is 57.6 Å². The van der Waals surface area contributed by atoms with Crippen LogP contribution in [0.25, 0.3) is 11.0 Å². The third-order valence-electron chi connectivity index (χ3n) is 5.08. The third kappa shape index (κ3) is 3.82. The molecule has 1 aromatic carbocycles. The standard InChI is InChI=1S/C19H24N2O6S/c1-3-14(19(20)26)28-15-7-12(24)17-11(23)6-10(22)16(18(17)27-15)9-4-5-21(2)8-13(9)25/h6-7,9,13-14,22-23,25H,3-5,8H2,1-2H3,(H2,20,26). The Labute approximate surface area is 165 Å². The minimum Gasteiger partial charge on any atom is -0.507 e. The molecule has 3 unspecified atom stereocenters. The fourth-order valence-electron chi connectivity index (χ4n) is 3.63. The van der Waals surface area contributed by atoms with Crippen LogP contribution in [-0.2, 0) is 4.79 Å². The number of piperidine rings is 1. The molecule has 3 rings (SSSR count). The number of amides is 1. The number of primary amides is 1. The number of nitrogens with two attached hydrogens (primary N) is 1. The molecule has 2 heterocycles. The topological polar surface area (TPSA) is 137 Å². The average molecular weight is 408 g/mol. The van der Waals surface area contributed by atoms with Crippen LogP contribution in [0.3, 0.4) is 0 Å². The van der Waals surface area contributed by atoms with Gasteiger partial charge < -0.3 is 30.4 Å². The number of carbonyl (C=O) groups is 1. The van der Waals surface area contributed by atoms with Crippen molar-refractivity contribution in [3.63, 3.8) is 0 Å². The third-order valence-corrected chi connectivity index (χ3v) is 6.36. The summed E-state index contributed by atoms with van der Waals surface area (Å²) in [6, 6.07) is 2.30. The van der Waals surface area contributed by atoms with Gasteiger partial charge in [-0.05, 0) is 26.4 Å². The first-order valence-electron chi connectivity index (χ1n) is 9.08. The van der Waals surface area contributed by atoms with Gasteiger partial charge in [-0.2, -0.15) is 0 Å². The molecule has 0 aliphatic carbocycles. The Morgan fingerprint density at radius 3 is 2.71 bits per heavy atom. The molecule has 1 fully saturated rings. The van der Waals surface area contributed by atoms with Gasteiger partial charge in [-0.1, -0.05) is 18.7 Å². The van der Waals surface area contributed by atoms with Gasteiger partial charge in [0.15, 0.2) is 10.5 Å². The number of fused-ring (bicyclic) bond motifs is 1. The molecule has 1 amide bonds. The number of hydrogen-bond donors (Lipinski definition) is 4. The molecule has 2 aromatic rings. The molecule has 0 saturated carbocycles. The molecule has 0 bridgehead atoms. The summed E-state index contributed by atoms with van der Waals surface area (Å²) in [5.74, 6) is -1.63.